The van der Waals surface area contributed by atoms with Crippen molar-refractivity contribution in [1.82, 2.24) is 9.78 Å². The number of anilines is 1. The summed E-state index contributed by atoms with van der Waals surface area (Å²) < 4.78 is 29.7. The smallest absolute Gasteiger partial charge is 0.263 e. The zero-order valence-electron chi connectivity index (χ0n) is 11.0. The zero-order valence-corrected chi connectivity index (χ0v) is 14.2. The number of nitrogens with one attached hydrogen (secondary N) is 1. The highest BCUT2D eigenvalue weighted by Gasteiger charge is 2.22. The highest BCUT2D eigenvalue weighted by Crippen LogP contribution is 2.31. The van der Waals surface area contributed by atoms with Crippen LogP contribution in [0.15, 0.2) is 14.7 Å². The van der Waals surface area contributed by atoms with Crippen molar-refractivity contribution in [3.63, 3.8) is 0 Å². The third-order valence-corrected chi connectivity index (χ3v) is 6.03. The molecule has 104 valence electrons. The van der Waals surface area contributed by atoms with E-state index in [1.165, 1.54) is 11.3 Å². The minimum absolute atomic E-state index is 0.294. The summed E-state index contributed by atoms with van der Waals surface area (Å²) in [7, 11) is -1.87. The molecule has 0 atom stereocenters. The van der Waals surface area contributed by atoms with E-state index >= 15 is 0 Å². The summed E-state index contributed by atoms with van der Waals surface area (Å²) in [4.78, 5) is 1.04. The third-order valence-electron chi connectivity index (χ3n) is 2.88. The molecule has 0 unspecified atom stereocenters. The molecule has 0 bridgehead atoms. The molecule has 0 aliphatic rings. The fraction of sp³-hybridized carbons (Fsp3) is 0.364. The lowest BCUT2D eigenvalue weighted by Crippen LogP contribution is -2.16. The number of hydrogen-bond acceptors (Lipinski definition) is 4. The molecule has 0 saturated heterocycles. The summed E-state index contributed by atoms with van der Waals surface area (Å²) in [6.45, 7) is 5.47. The molecule has 8 heteroatoms. The maximum Gasteiger partial charge on any atom is 0.264 e. The molecule has 0 aliphatic heterocycles. The van der Waals surface area contributed by atoms with E-state index in [0.29, 0.717) is 10.7 Å². The molecular weight excluding hydrogens is 350 g/mol. The molecule has 2 heterocycles. The predicted octanol–water partition coefficient (Wildman–Crippen LogP) is 2.97. The molecule has 2 aromatic heterocycles. The van der Waals surface area contributed by atoms with E-state index in [9.17, 15) is 8.42 Å². The molecule has 0 amide bonds. The summed E-state index contributed by atoms with van der Waals surface area (Å²) >= 11 is 4.70. The van der Waals surface area contributed by atoms with Crippen LogP contribution in [0.4, 0.5) is 5.82 Å². The number of aromatic nitrogens is 2. The first-order valence-corrected chi connectivity index (χ1v) is 8.60. The Bertz CT molecular complexity index is 731. The van der Waals surface area contributed by atoms with Crippen LogP contribution in [0.1, 0.15) is 16.1 Å². The average molecular weight is 364 g/mol. The first-order valence-electron chi connectivity index (χ1n) is 5.51. The van der Waals surface area contributed by atoms with Gasteiger partial charge in [0.15, 0.2) is 0 Å². The van der Waals surface area contributed by atoms with Gasteiger partial charge in [-0.15, -0.1) is 11.3 Å². The molecule has 19 heavy (non-hydrogen) atoms. The van der Waals surface area contributed by atoms with E-state index in [0.717, 1.165) is 19.9 Å². The van der Waals surface area contributed by atoms with Crippen molar-refractivity contribution in [2.24, 2.45) is 7.05 Å². The van der Waals surface area contributed by atoms with Crippen molar-refractivity contribution in [2.75, 3.05) is 4.72 Å². The lowest BCUT2D eigenvalue weighted by Gasteiger charge is -2.08. The van der Waals surface area contributed by atoms with Gasteiger partial charge in [-0.1, -0.05) is 0 Å². The van der Waals surface area contributed by atoms with Gasteiger partial charge in [-0.2, -0.15) is 5.10 Å². The second-order valence-electron chi connectivity index (χ2n) is 4.26. The second kappa shape index (κ2) is 4.92. The first kappa shape index (κ1) is 14.5. The number of sulfonamides is 1. The normalized spacial score (nSPS) is 11.8. The second-order valence-corrected chi connectivity index (χ2v) is 8.55. The van der Waals surface area contributed by atoms with E-state index in [4.69, 9.17) is 0 Å². The van der Waals surface area contributed by atoms with Crippen molar-refractivity contribution in [1.29, 1.82) is 0 Å². The Labute approximate surface area is 124 Å². The zero-order chi connectivity index (χ0) is 14.4. The number of thiophene rings is 1. The van der Waals surface area contributed by atoms with Crippen LogP contribution < -0.4 is 4.72 Å². The molecule has 2 aromatic rings. The minimum atomic E-state index is -3.59. The molecule has 2 rings (SSSR count). The fourth-order valence-corrected chi connectivity index (χ4v) is 5.35. The van der Waals surface area contributed by atoms with Gasteiger partial charge in [0.1, 0.15) is 10.7 Å². The van der Waals surface area contributed by atoms with Gasteiger partial charge in [-0.05, 0) is 42.8 Å². The molecule has 0 fully saturated rings. The Hall–Kier alpha value is -0.860. The number of nitrogens with zero attached hydrogens (tertiary/aromatic N) is 2. The van der Waals surface area contributed by atoms with Crippen molar-refractivity contribution in [3.05, 3.63) is 26.0 Å². The SMILES string of the molecule is Cc1nn(C)c(NS(=O)(=O)c2cc(Br)sc2C)c1C. The van der Waals surface area contributed by atoms with Crippen molar-refractivity contribution >= 4 is 43.1 Å². The van der Waals surface area contributed by atoms with E-state index in [-0.39, 0.29) is 0 Å². The van der Waals surface area contributed by atoms with Gasteiger partial charge in [-0.25, -0.2) is 8.42 Å². The lowest BCUT2D eigenvalue weighted by molar-refractivity contribution is 0.600. The Kier molecular flexibility index (Phi) is 3.76. The maximum absolute atomic E-state index is 12.4. The van der Waals surface area contributed by atoms with Gasteiger partial charge in [0.05, 0.1) is 9.48 Å². The van der Waals surface area contributed by atoms with E-state index in [2.05, 4.69) is 25.8 Å². The highest BCUT2D eigenvalue weighted by atomic mass is 79.9. The van der Waals surface area contributed by atoms with Crippen LogP contribution >= 0.6 is 27.3 Å². The summed E-state index contributed by atoms with van der Waals surface area (Å²) in [6, 6.07) is 1.61. The van der Waals surface area contributed by atoms with Gasteiger partial charge in [0, 0.05) is 17.5 Å². The minimum Gasteiger partial charge on any atom is -0.263 e. The molecule has 0 radical (unpaired) electrons. The van der Waals surface area contributed by atoms with Gasteiger partial charge >= 0.3 is 0 Å². The molecule has 0 aliphatic carbocycles. The lowest BCUT2D eigenvalue weighted by atomic mass is 10.3. The topological polar surface area (TPSA) is 64.0 Å². The number of rotatable bonds is 3. The Morgan fingerprint density at radius 3 is 2.42 bits per heavy atom. The monoisotopic (exact) mass is 363 g/mol. The first-order chi connectivity index (χ1) is 8.72. The van der Waals surface area contributed by atoms with Crippen molar-refractivity contribution < 1.29 is 8.42 Å². The van der Waals surface area contributed by atoms with Crippen LogP contribution in [0, 0.1) is 20.8 Å². The summed E-state index contributed by atoms with van der Waals surface area (Å²) in [5, 5.41) is 4.20. The third kappa shape index (κ3) is 2.70. The van der Waals surface area contributed by atoms with E-state index in [1.54, 1.807) is 24.7 Å². The van der Waals surface area contributed by atoms with E-state index in [1.807, 2.05) is 13.8 Å². The van der Waals surface area contributed by atoms with Crippen LogP contribution in [0.3, 0.4) is 0 Å². The Morgan fingerprint density at radius 1 is 1.37 bits per heavy atom. The molecule has 1 N–H and O–H groups in total. The standard InChI is InChI=1S/C11H14BrN3O2S2/c1-6-7(2)13-15(4)11(6)14-19(16,17)9-5-10(12)18-8(9)3/h5,14H,1-4H3. The molecule has 5 nitrogen and oxygen atoms in total. The largest absolute Gasteiger partial charge is 0.264 e. The fourth-order valence-electron chi connectivity index (χ4n) is 1.79. The average Bonchev–Trinajstić information content (AvgIpc) is 2.74. The Morgan fingerprint density at radius 2 is 2.00 bits per heavy atom. The predicted molar refractivity (Wildman–Crippen MR) is 80.2 cm³/mol. The summed E-state index contributed by atoms with van der Waals surface area (Å²) in [5.74, 6) is 0.499. The van der Waals surface area contributed by atoms with Gasteiger partial charge < -0.3 is 0 Å². The van der Waals surface area contributed by atoms with Crippen LogP contribution in [-0.4, -0.2) is 18.2 Å². The van der Waals surface area contributed by atoms with Crippen molar-refractivity contribution in [3.8, 4) is 0 Å². The summed E-state index contributed by atoms with van der Waals surface area (Å²) in [6.07, 6.45) is 0. The molecule has 0 aromatic carbocycles. The number of halogens is 1. The van der Waals surface area contributed by atoms with Crippen LogP contribution in [0.2, 0.25) is 0 Å². The maximum atomic E-state index is 12.4. The molecular formula is C11H14BrN3O2S2. The Balaban J connectivity index is 2.45. The molecule has 0 spiro atoms. The van der Waals surface area contributed by atoms with Gasteiger partial charge in [0.25, 0.3) is 10.0 Å². The number of aryl methyl sites for hydroxylation is 3. The highest BCUT2D eigenvalue weighted by molar-refractivity contribution is 9.11. The number of hydrogen-bond donors (Lipinski definition) is 1. The van der Waals surface area contributed by atoms with Crippen molar-refractivity contribution in [2.45, 2.75) is 25.7 Å². The van der Waals surface area contributed by atoms with Crippen LogP contribution in [0.5, 0.6) is 0 Å². The summed E-state index contributed by atoms with van der Waals surface area (Å²) in [5.41, 5.74) is 1.64. The van der Waals surface area contributed by atoms with Crippen LogP contribution in [0.25, 0.3) is 0 Å². The van der Waals surface area contributed by atoms with Gasteiger partial charge in [-0.3, -0.25) is 9.40 Å². The quantitative estimate of drug-likeness (QED) is 0.911. The molecule has 0 saturated carbocycles. The van der Waals surface area contributed by atoms with Gasteiger partial charge in [0.2, 0.25) is 0 Å². The van der Waals surface area contributed by atoms with Crippen LogP contribution in [-0.2, 0) is 17.1 Å². The van der Waals surface area contributed by atoms with E-state index < -0.39 is 10.0 Å².